The lowest BCUT2D eigenvalue weighted by molar-refractivity contribution is 0.0940. The highest BCUT2D eigenvalue weighted by atomic mass is 32.2. The van der Waals surface area contributed by atoms with Gasteiger partial charge in [-0.15, -0.1) is 0 Å². The molecular formula is C24H26N2O4S. The number of amides is 1. The van der Waals surface area contributed by atoms with E-state index < -0.39 is 10.0 Å². The first-order chi connectivity index (χ1) is 14.8. The van der Waals surface area contributed by atoms with Crippen LogP contribution in [0.3, 0.4) is 0 Å². The van der Waals surface area contributed by atoms with Gasteiger partial charge in [-0.1, -0.05) is 36.4 Å². The van der Waals surface area contributed by atoms with Crippen LogP contribution in [0.25, 0.3) is 0 Å². The number of hydrogen-bond acceptors (Lipinski definition) is 4. The molecule has 0 aromatic heterocycles. The summed E-state index contributed by atoms with van der Waals surface area (Å²) in [6.07, 6.45) is 0. The fraction of sp³-hybridized carbons (Fsp3) is 0.208. The summed E-state index contributed by atoms with van der Waals surface area (Å²) in [5.41, 5.74) is 2.39. The quantitative estimate of drug-likeness (QED) is 0.535. The van der Waals surface area contributed by atoms with Crippen LogP contribution in [0, 0.1) is 6.92 Å². The van der Waals surface area contributed by atoms with E-state index in [1.807, 2.05) is 38.1 Å². The van der Waals surface area contributed by atoms with Crippen LogP contribution in [0.4, 0.5) is 5.69 Å². The number of hydrogen-bond donors (Lipinski definition) is 2. The van der Waals surface area contributed by atoms with E-state index >= 15 is 0 Å². The minimum absolute atomic E-state index is 0.161. The summed E-state index contributed by atoms with van der Waals surface area (Å²) in [4.78, 5) is 12.9. The highest BCUT2D eigenvalue weighted by Gasteiger charge is 2.17. The Balaban J connectivity index is 1.75. The molecule has 0 saturated heterocycles. The van der Waals surface area contributed by atoms with Crippen molar-refractivity contribution in [2.45, 2.75) is 31.7 Å². The fourth-order valence-corrected chi connectivity index (χ4v) is 4.20. The van der Waals surface area contributed by atoms with E-state index in [4.69, 9.17) is 4.74 Å². The smallest absolute Gasteiger partial charge is 0.261 e. The summed E-state index contributed by atoms with van der Waals surface area (Å²) < 4.78 is 33.3. The predicted molar refractivity (Wildman–Crippen MR) is 122 cm³/mol. The molecule has 31 heavy (non-hydrogen) atoms. The van der Waals surface area contributed by atoms with E-state index in [0.29, 0.717) is 17.9 Å². The van der Waals surface area contributed by atoms with Crippen molar-refractivity contribution < 1.29 is 17.9 Å². The van der Waals surface area contributed by atoms with Crippen molar-refractivity contribution in [3.63, 3.8) is 0 Å². The standard InChI is InChI=1S/C24H26N2O4S/c1-4-30-21-14-12-19(13-15-21)18(3)25-24(27)20-11-10-17(2)23(16-20)26-31(28,29)22-8-6-5-7-9-22/h5-16,18,26H,4H2,1-3H3,(H,25,27)/t18-/m0/s1. The number of rotatable bonds is 8. The first-order valence-electron chi connectivity index (χ1n) is 10.0. The molecule has 0 aliphatic carbocycles. The van der Waals surface area contributed by atoms with Crippen LogP contribution < -0.4 is 14.8 Å². The second kappa shape index (κ2) is 9.66. The van der Waals surface area contributed by atoms with Crippen LogP contribution in [-0.4, -0.2) is 20.9 Å². The van der Waals surface area contributed by atoms with E-state index in [-0.39, 0.29) is 16.8 Å². The number of sulfonamides is 1. The van der Waals surface area contributed by atoms with Gasteiger partial charge >= 0.3 is 0 Å². The van der Waals surface area contributed by atoms with Gasteiger partial charge in [-0.3, -0.25) is 9.52 Å². The molecule has 0 aliphatic heterocycles. The Labute approximate surface area is 183 Å². The first-order valence-corrected chi connectivity index (χ1v) is 11.5. The van der Waals surface area contributed by atoms with Crippen molar-refractivity contribution in [2.24, 2.45) is 0 Å². The van der Waals surface area contributed by atoms with E-state index in [1.54, 1.807) is 43.3 Å². The molecule has 0 fully saturated rings. The average Bonchev–Trinajstić information content (AvgIpc) is 2.76. The van der Waals surface area contributed by atoms with Gasteiger partial charge in [-0.05, 0) is 68.3 Å². The normalized spacial score (nSPS) is 12.1. The third-order valence-corrected chi connectivity index (χ3v) is 6.22. The summed E-state index contributed by atoms with van der Waals surface area (Å²) in [6, 6.07) is 20.4. The van der Waals surface area contributed by atoms with Gasteiger partial charge in [0.15, 0.2) is 0 Å². The maximum Gasteiger partial charge on any atom is 0.261 e. The number of benzene rings is 3. The van der Waals surface area contributed by atoms with Crippen LogP contribution in [0.5, 0.6) is 5.75 Å². The van der Waals surface area contributed by atoms with Gasteiger partial charge in [-0.2, -0.15) is 0 Å². The summed E-state index contributed by atoms with van der Waals surface area (Å²) in [7, 11) is -3.75. The number of ether oxygens (including phenoxy) is 1. The van der Waals surface area contributed by atoms with Crippen LogP contribution in [0.15, 0.2) is 77.7 Å². The zero-order valence-corrected chi connectivity index (χ0v) is 18.6. The largest absolute Gasteiger partial charge is 0.494 e. The zero-order valence-electron chi connectivity index (χ0n) is 17.8. The highest BCUT2D eigenvalue weighted by molar-refractivity contribution is 7.92. The van der Waals surface area contributed by atoms with Gasteiger partial charge in [0.25, 0.3) is 15.9 Å². The Kier molecular flexibility index (Phi) is 6.97. The summed E-state index contributed by atoms with van der Waals surface area (Å²) in [6.45, 7) is 6.19. The third kappa shape index (κ3) is 5.64. The lowest BCUT2D eigenvalue weighted by Gasteiger charge is -2.16. The summed E-state index contributed by atoms with van der Waals surface area (Å²) in [5, 5.41) is 2.95. The molecule has 0 radical (unpaired) electrons. The van der Waals surface area contributed by atoms with Crippen molar-refractivity contribution in [3.8, 4) is 5.75 Å². The molecule has 1 atom stereocenters. The molecule has 0 spiro atoms. The Morgan fingerprint density at radius 3 is 2.32 bits per heavy atom. The average molecular weight is 439 g/mol. The van der Waals surface area contributed by atoms with Crippen LogP contribution in [0.1, 0.15) is 41.4 Å². The molecule has 3 aromatic rings. The Hall–Kier alpha value is -3.32. The van der Waals surface area contributed by atoms with Crippen molar-refractivity contribution >= 4 is 21.6 Å². The number of nitrogens with one attached hydrogen (secondary N) is 2. The first kappa shape index (κ1) is 22.4. The monoisotopic (exact) mass is 438 g/mol. The second-order valence-electron chi connectivity index (χ2n) is 7.15. The number of anilines is 1. The minimum Gasteiger partial charge on any atom is -0.494 e. The van der Waals surface area contributed by atoms with Gasteiger partial charge in [0.05, 0.1) is 23.2 Å². The molecule has 0 heterocycles. The topological polar surface area (TPSA) is 84.5 Å². The molecule has 3 aromatic carbocycles. The molecule has 162 valence electrons. The van der Waals surface area contributed by atoms with Crippen molar-refractivity contribution in [1.29, 1.82) is 0 Å². The maximum absolute atomic E-state index is 12.8. The third-order valence-electron chi connectivity index (χ3n) is 4.84. The van der Waals surface area contributed by atoms with Gasteiger partial charge in [0, 0.05) is 5.56 Å². The summed E-state index contributed by atoms with van der Waals surface area (Å²) in [5.74, 6) is 0.486. The molecule has 2 N–H and O–H groups in total. The summed E-state index contributed by atoms with van der Waals surface area (Å²) >= 11 is 0. The molecule has 0 aliphatic rings. The molecule has 1 amide bonds. The lowest BCUT2D eigenvalue weighted by Crippen LogP contribution is -2.26. The molecular weight excluding hydrogens is 412 g/mol. The molecule has 0 bridgehead atoms. The van der Waals surface area contributed by atoms with Crippen molar-refractivity contribution in [3.05, 3.63) is 89.5 Å². The van der Waals surface area contributed by atoms with E-state index in [9.17, 15) is 13.2 Å². The van der Waals surface area contributed by atoms with Crippen LogP contribution >= 0.6 is 0 Å². The SMILES string of the molecule is CCOc1ccc([C@H](C)NC(=O)c2ccc(C)c(NS(=O)(=O)c3ccccc3)c2)cc1. The van der Waals surface area contributed by atoms with Crippen LogP contribution in [0.2, 0.25) is 0 Å². The van der Waals surface area contributed by atoms with Crippen LogP contribution in [-0.2, 0) is 10.0 Å². The zero-order chi connectivity index (χ0) is 22.4. The molecule has 0 unspecified atom stereocenters. The highest BCUT2D eigenvalue weighted by Crippen LogP contribution is 2.22. The minimum atomic E-state index is -3.75. The molecule has 3 rings (SSSR count). The van der Waals surface area contributed by atoms with Gasteiger partial charge in [0.1, 0.15) is 5.75 Å². The molecule has 6 nitrogen and oxygen atoms in total. The lowest BCUT2D eigenvalue weighted by atomic mass is 10.1. The van der Waals surface area contributed by atoms with Gasteiger partial charge in [-0.25, -0.2) is 8.42 Å². The van der Waals surface area contributed by atoms with Crippen molar-refractivity contribution in [1.82, 2.24) is 5.32 Å². The van der Waals surface area contributed by atoms with Gasteiger partial charge < -0.3 is 10.1 Å². The van der Waals surface area contributed by atoms with E-state index in [1.165, 1.54) is 12.1 Å². The predicted octanol–water partition coefficient (Wildman–Crippen LogP) is 4.69. The molecule has 0 saturated carbocycles. The maximum atomic E-state index is 12.8. The Morgan fingerprint density at radius 2 is 1.68 bits per heavy atom. The number of carbonyl (C=O) groups is 1. The Morgan fingerprint density at radius 1 is 1.00 bits per heavy atom. The fourth-order valence-electron chi connectivity index (χ4n) is 3.06. The second-order valence-corrected chi connectivity index (χ2v) is 8.83. The van der Waals surface area contributed by atoms with E-state index in [2.05, 4.69) is 10.0 Å². The van der Waals surface area contributed by atoms with Crippen molar-refractivity contribution in [2.75, 3.05) is 11.3 Å². The molecule has 7 heteroatoms. The number of carbonyl (C=O) groups excluding carboxylic acids is 1. The number of aryl methyl sites for hydroxylation is 1. The van der Waals surface area contributed by atoms with E-state index in [0.717, 1.165) is 16.9 Å². The van der Waals surface area contributed by atoms with Gasteiger partial charge in [0.2, 0.25) is 0 Å². The Bertz CT molecular complexity index is 1140.